The van der Waals surface area contributed by atoms with Crippen molar-refractivity contribution in [2.24, 2.45) is 0 Å². The lowest BCUT2D eigenvalue weighted by atomic mass is 9.91. The lowest BCUT2D eigenvalue weighted by molar-refractivity contribution is 1.49. The van der Waals surface area contributed by atoms with Crippen LogP contribution < -0.4 is 83.0 Å². The summed E-state index contributed by atoms with van der Waals surface area (Å²) in [6.45, 7) is 8.95. The van der Waals surface area contributed by atoms with Crippen molar-refractivity contribution in [1.82, 2.24) is 0 Å². The van der Waals surface area contributed by atoms with Crippen LogP contribution in [0.5, 0.6) is 0 Å². The van der Waals surface area contributed by atoms with Crippen molar-refractivity contribution in [3.8, 4) is 44.5 Å². The minimum absolute atomic E-state index is 1.30. The average Bonchev–Trinajstić information content (AvgIpc) is 1.55. The maximum Gasteiger partial charge on any atom is 0.180 e. The van der Waals surface area contributed by atoms with E-state index in [1.807, 2.05) is 0 Å². The van der Waals surface area contributed by atoms with Gasteiger partial charge in [0.15, 0.2) is 32.3 Å². The molecule has 0 aliphatic carbocycles. The predicted octanol–water partition coefficient (Wildman–Crippen LogP) is 22.6. The monoisotopic (exact) mass is 1790 g/mol. The van der Waals surface area contributed by atoms with Crippen LogP contribution in [0.15, 0.2) is 510 Å². The Balaban J connectivity index is 0.0000000965. The lowest BCUT2D eigenvalue weighted by Crippen LogP contribution is -2.72. The van der Waals surface area contributed by atoms with E-state index in [4.69, 9.17) is 0 Å². The molecular formula is C132H96Si4. The molecule has 0 fully saturated rings. The van der Waals surface area contributed by atoms with Gasteiger partial charge in [-0.05, 0) is 270 Å². The number of fused-ring (bicyclic) bond motifs is 27. The molecule has 136 heavy (non-hydrogen) atoms. The summed E-state index contributed by atoms with van der Waals surface area (Å²) in [7, 11) is -9.79. The van der Waals surface area contributed by atoms with Gasteiger partial charge in [0.1, 0.15) is 0 Å². The quantitative estimate of drug-likeness (QED) is 0.0808. The van der Waals surface area contributed by atoms with Gasteiger partial charge in [0.05, 0.1) is 0 Å². The highest BCUT2D eigenvalue weighted by molar-refractivity contribution is 7.24. The normalized spacial score (nSPS) is 14.4. The first-order valence-corrected chi connectivity index (χ1v) is 55.8. The lowest BCUT2D eigenvalue weighted by Gasteiger charge is -2.31. The molecule has 4 heteroatoms. The van der Waals surface area contributed by atoms with Crippen LogP contribution in [0.4, 0.5) is 0 Å². The molecule has 0 amide bonds. The maximum atomic E-state index is 2.51. The Morgan fingerprint density at radius 3 is 0.853 bits per heavy atom. The standard InChI is InChI=1S/4C33H24Si/c1-23-22-24-12-8-9-17-28(24)32-27(23)20-21-31-33(32)29-18-10-11-19-30(29)34(31,25-13-4-2-5-14-25)26-15-6-3-7-16-26;1-23-22-31-33(32-27(23)21-20-24-12-8-9-17-28(24)32)29-18-10-11-19-30(29)34(31,25-13-4-2-5-14-25)26-15-6-3-7-16-26;1-23-22-24-20-21-31-33(32(24)28-17-9-8-16-27(23)28)29-18-10-11-19-30(29)34(31,25-12-4-2-5-13-25)26-14-6-3-7-15-26;1-23-15-18-28(19-16-23)34(27-11-3-2-4-12-27)31-14-8-7-13-29(31)33-30-22-25-10-6-5-9-24(25)21-26(30)17-20-32(33)34/h4*2-22H,1H3. The van der Waals surface area contributed by atoms with E-state index in [1.165, 1.54) is 236 Å². The van der Waals surface area contributed by atoms with E-state index in [9.17, 15) is 0 Å². The second-order valence-corrected chi connectivity index (χ2v) is 52.4. The van der Waals surface area contributed by atoms with Gasteiger partial charge in [-0.1, -0.05) is 503 Å². The zero-order chi connectivity index (χ0) is 90.8. The smallest absolute Gasteiger partial charge is 0.0623 e. The molecule has 1 unspecified atom stereocenters. The van der Waals surface area contributed by atoms with Crippen LogP contribution in [0.2, 0.25) is 0 Å². The second kappa shape index (κ2) is 33.1. The van der Waals surface area contributed by atoms with Gasteiger partial charge in [0.2, 0.25) is 0 Å². The maximum absolute atomic E-state index is 2.51. The summed E-state index contributed by atoms with van der Waals surface area (Å²) in [5, 5.41) is 45.2. The fourth-order valence-electron chi connectivity index (χ4n) is 25.0. The molecule has 4 aliphatic rings. The summed E-state index contributed by atoms with van der Waals surface area (Å²) >= 11 is 0. The molecule has 0 bridgehead atoms. The molecule has 0 nitrogen and oxygen atoms in total. The van der Waals surface area contributed by atoms with Crippen LogP contribution in [0.25, 0.3) is 131 Å². The van der Waals surface area contributed by atoms with Crippen LogP contribution in [0.3, 0.4) is 0 Å². The topological polar surface area (TPSA) is 0 Å². The summed E-state index contributed by atoms with van der Waals surface area (Å²) in [5.41, 5.74) is 16.7. The molecule has 24 aromatic rings. The van der Waals surface area contributed by atoms with Gasteiger partial charge >= 0.3 is 0 Å². The minimum Gasteiger partial charge on any atom is -0.0623 e. The van der Waals surface area contributed by atoms with Crippen LogP contribution in [0.1, 0.15) is 22.3 Å². The third kappa shape index (κ3) is 12.4. The van der Waals surface area contributed by atoms with Gasteiger partial charge in [-0.2, -0.15) is 0 Å². The van der Waals surface area contributed by atoms with Crippen LogP contribution in [-0.2, 0) is 0 Å². The van der Waals surface area contributed by atoms with Crippen molar-refractivity contribution in [3.05, 3.63) is 532 Å². The van der Waals surface area contributed by atoms with Gasteiger partial charge in [-0.3, -0.25) is 0 Å². The molecule has 0 saturated carbocycles. The van der Waals surface area contributed by atoms with Crippen molar-refractivity contribution in [3.63, 3.8) is 0 Å². The zero-order valence-corrected chi connectivity index (χ0v) is 80.5. The Bertz CT molecular complexity index is 8710. The molecule has 0 aromatic heterocycles. The Morgan fingerprint density at radius 1 is 0.132 bits per heavy atom. The van der Waals surface area contributed by atoms with Gasteiger partial charge in [0, 0.05) is 0 Å². The van der Waals surface area contributed by atoms with Gasteiger partial charge in [-0.25, -0.2) is 0 Å². The highest BCUT2D eigenvalue weighted by Gasteiger charge is 2.54. The molecule has 0 radical (unpaired) electrons. The van der Waals surface area contributed by atoms with E-state index in [1.54, 1.807) is 0 Å². The first-order chi connectivity index (χ1) is 67.2. The molecule has 4 aliphatic heterocycles. The molecular weight excluding hydrogens is 1700 g/mol. The Labute approximate surface area is 799 Å². The van der Waals surface area contributed by atoms with Crippen molar-refractivity contribution in [2.75, 3.05) is 0 Å². The fraction of sp³-hybridized carbons (Fsp3) is 0.0303. The molecule has 0 N–H and O–H groups in total. The first kappa shape index (κ1) is 82.2. The third-order valence-corrected chi connectivity index (χ3v) is 50.0. The van der Waals surface area contributed by atoms with E-state index in [0.717, 1.165) is 0 Å². The zero-order valence-electron chi connectivity index (χ0n) is 76.5. The van der Waals surface area contributed by atoms with E-state index in [0.29, 0.717) is 0 Å². The van der Waals surface area contributed by atoms with Crippen molar-refractivity contribution in [2.45, 2.75) is 27.7 Å². The number of rotatable bonds is 8. The van der Waals surface area contributed by atoms with Gasteiger partial charge in [0.25, 0.3) is 0 Å². The van der Waals surface area contributed by atoms with E-state index < -0.39 is 32.3 Å². The van der Waals surface area contributed by atoms with Crippen LogP contribution >= 0.6 is 0 Å². The third-order valence-electron chi connectivity index (χ3n) is 30.5. The SMILES string of the molecule is Cc1cc2c(c3c1ccc1ccccc13)-c1ccccc1[Si]2(c1ccccc1)c1ccccc1.Cc1cc2ccc3c(c2c2ccccc12)-c1ccccc1[Si]3(c1ccccc1)c1ccccc1.Cc1cc2ccccc2c2c3c(ccc12)[Si](c1ccccc1)(c1ccccc1)c1ccccc1-3.Cc1ccc([Si]2(c3ccccc3)c3ccccc3-c3c2ccc2cc4ccccc4cc32)cc1. The summed E-state index contributed by atoms with van der Waals surface area (Å²) in [5.74, 6) is 0. The number of hydrogen-bond donors (Lipinski definition) is 0. The summed E-state index contributed by atoms with van der Waals surface area (Å²) in [4.78, 5) is 0. The van der Waals surface area contributed by atoms with Crippen molar-refractivity contribution < 1.29 is 0 Å². The molecule has 0 spiro atoms. The second-order valence-electron chi connectivity index (χ2n) is 37.5. The number of aryl methyl sites for hydroxylation is 4. The summed E-state index contributed by atoms with van der Waals surface area (Å²) in [6.07, 6.45) is 0. The van der Waals surface area contributed by atoms with Crippen molar-refractivity contribution in [1.29, 1.82) is 0 Å². The first-order valence-electron chi connectivity index (χ1n) is 47.8. The summed E-state index contributed by atoms with van der Waals surface area (Å²) in [6, 6.07) is 191. The van der Waals surface area contributed by atoms with Gasteiger partial charge in [-0.15, -0.1) is 0 Å². The number of benzene rings is 24. The Kier molecular flexibility index (Phi) is 20.0. The number of hydrogen-bond acceptors (Lipinski definition) is 0. The summed E-state index contributed by atoms with van der Waals surface area (Å²) < 4.78 is 0. The average molecular weight is 1790 g/mol. The minimum atomic E-state index is -2.46. The molecule has 0 saturated heterocycles. The van der Waals surface area contributed by atoms with E-state index >= 15 is 0 Å². The van der Waals surface area contributed by atoms with Crippen LogP contribution in [0, 0.1) is 27.7 Å². The Hall–Kier alpha value is -15.8. The highest BCUT2D eigenvalue weighted by atomic mass is 28.3. The molecule has 24 aromatic carbocycles. The van der Waals surface area contributed by atoms with Gasteiger partial charge < -0.3 is 0 Å². The molecule has 640 valence electrons. The molecule has 28 rings (SSSR count). The highest BCUT2D eigenvalue weighted by Crippen LogP contribution is 2.45. The van der Waals surface area contributed by atoms with E-state index in [2.05, 4.69) is 537 Å². The molecule has 4 heterocycles. The fourth-order valence-corrected chi connectivity index (χ4v) is 45.8. The predicted molar refractivity (Wildman–Crippen MR) is 595 cm³/mol. The Morgan fingerprint density at radius 2 is 0.404 bits per heavy atom. The van der Waals surface area contributed by atoms with E-state index in [-0.39, 0.29) is 0 Å². The largest absolute Gasteiger partial charge is 0.180 e. The van der Waals surface area contributed by atoms with Crippen molar-refractivity contribution >= 4 is 201 Å². The van der Waals surface area contributed by atoms with Crippen LogP contribution in [-0.4, -0.2) is 32.3 Å². The molecule has 1 atom stereocenters.